The molecule has 0 radical (unpaired) electrons. The van der Waals surface area contributed by atoms with E-state index >= 15 is 0 Å². The molecular formula is C12H14BrN3O2S2. The molecule has 0 saturated carbocycles. The molecule has 0 unspecified atom stereocenters. The first-order valence-corrected chi connectivity index (χ1v) is 8.98. The zero-order valence-corrected chi connectivity index (χ0v) is 14.0. The molecule has 0 saturated heterocycles. The maximum atomic E-state index is 12.2. The fourth-order valence-corrected chi connectivity index (χ4v) is 4.11. The minimum absolute atomic E-state index is 0.299. The molecule has 0 aliphatic rings. The van der Waals surface area contributed by atoms with Crippen LogP contribution in [0.1, 0.15) is 4.88 Å². The predicted octanol–water partition coefficient (Wildman–Crippen LogP) is 2.47. The van der Waals surface area contributed by atoms with Crippen molar-refractivity contribution in [2.45, 2.75) is 10.6 Å². The molecule has 2 rings (SSSR count). The quantitative estimate of drug-likeness (QED) is 0.813. The van der Waals surface area contributed by atoms with Gasteiger partial charge in [0.25, 0.3) is 10.0 Å². The summed E-state index contributed by atoms with van der Waals surface area (Å²) in [6.07, 6.45) is 2.36. The highest BCUT2D eigenvalue weighted by molar-refractivity contribution is 9.10. The molecular weight excluding hydrogens is 362 g/mol. The van der Waals surface area contributed by atoms with Crippen molar-refractivity contribution >= 4 is 43.1 Å². The smallest absolute Gasteiger partial charge is 0.272 e. The lowest BCUT2D eigenvalue weighted by Gasteiger charge is -2.05. The van der Waals surface area contributed by atoms with Gasteiger partial charge in [-0.2, -0.15) is 0 Å². The Morgan fingerprint density at radius 2 is 2.10 bits per heavy atom. The highest BCUT2D eigenvalue weighted by atomic mass is 79.9. The molecule has 0 bridgehead atoms. The Kier molecular flexibility index (Phi) is 5.14. The molecule has 8 heteroatoms. The highest BCUT2D eigenvalue weighted by Crippen LogP contribution is 2.24. The molecule has 0 aliphatic carbocycles. The molecule has 108 valence electrons. The largest absolute Gasteiger partial charge is 0.319 e. The number of hydrogen-bond donors (Lipinski definition) is 2. The van der Waals surface area contributed by atoms with Gasteiger partial charge in [-0.25, -0.2) is 13.4 Å². The summed E-state index contributed by atoms with van der Waals surface area (Å²) >= 11 is 4.53. The molecule has 0 aliphatic heterocycles. The van der Waals surface area contributed by atoms with Gasteiger partial charge in [-0.3, -0.25) is 4.72 Å². The predicted molar refractivity (Wildman–Crippen MR) is 84.7 cm³/mol. The van der Waals surface area contributed by atoms with Crippen molar-refractivity contribution in [3.05, 3.63) is 39.8 Å². The number of hydrogen-bond acceptors (Lipinski definition) is 5. The SMILES string of the molecule is CNCCc1ccc(S(=O)(=O)Nc2ccc(Br)cn2)s1. The number of pyridine rings is 1. The van der Waals surface area contributed by atoms with Crippen LogP contribution in [0.3, 0.4) is 0 Å². The van der Waals surface area contributed by atoms with Crippen molar-refractivity contribution < 1.29 is 8.42 Å². The molecule has 2 heterocycles. The zero-order valence-electron chi connectivity index (χ0n) is 10.8. The summed E-state index contributed by atoms with van der Waals surface area (Å²) in [5.74, 6) is 0.304. The molecule has 5 nitrogen and oxygen atoms in total. The van der Waals surface area contributed by atoms with Crippen LogP contribution in [-0.2, 0) is 16.4 Å². The van der Waals surface area contributed by atoms with Crippen LogP contribution >= 0.6 is 27.3 Å². The molecule has 0 aromatic carbocycles. The molecule has 2 N–H and O–H groups in total. The number of rotatable bonds is 6. The van der Waals surface area contributed by atoms with Crippen LogP contribution in [0.2, 0.25) is 0 Å². The Morgan fingerprint density at radius 3 is 2.75 bits per heavy atom. The normalized spacial score (nSPS) is 11.5. The van der Waals surface area contributed by atoms with Crippen molar-refractivity contribution in [3.8, 4) is 0 Å². The lowest BCUT2D eigenvalue weighted by molar-refractivity contribution is 0.603. The first-order chi connectivity index (χ1) is 9.51. The average Bonchev–Trinajstić information content (AvgIpc) is 2.88. The first-order valence-electron chi connectivity index (χ1n) is 5.89. The standard InChI is InChI=1S/C12H14BrN3O2S2/c1-14-7-6-10-3-5-12(19-10)20(17,18)16-11-4-2-9(13)8-15-11/h2-5,8,14H,6-7H2,1H3,(H,15,16). The van der Waals surface area contributed by atoms with E-state index in [1.807, 2.05) is 13.1 Å². The Hall–Kier alpha value is -0.960. The van der Waals surface area contributed by atoms with Crippen molar-refractivity contribution in [1.29, 1.82) is 0 Å². The van der Waals surface area contributed by atoms with E-state index < -0.39 is 10.0 Å². The first kappa shape index (κ1) is 15.4. The van der Waals surface area contributed by atoms with Gasteiger partial charge >= 0.3 is 0 Å². The summed E-state index contributed by atoms with van der Waals surface area (Å²) in [5, 5.41) is 3.04. The van der Waals surface area contributed by atoms with Crippen molar-refractivity contribution in [2.75, 3.05) is 18.3 Å². The van der Waals surface area contributed by atoms with Crippen LogP contribution in [0, 0.1) is 0 Å². The summed E-state index contributed by atoms with van der Waals surface area (Å²) in [6.45, 7) is 0.821. The highest BCUT2D eigenvalue weighted by Gasteiger charge is 2.17. The van der Waals surface area contributed by atoms with Gasteiger partial charge in [-0.05, 0) is 60.2 Å². The lowest BCUT2D eigenvalue weighted by atomic mass is 10.3. The Bertz CT molecular complexity index is 668. The van der Waals surface area contributed by atoms with Gasteiger partial charge in [0.1, 0.15) is 10.0 Å². The molecule has 0 fully saturated rings. The second kappa shape index (κ2) is 6.66. The van der Waals surface area contributed by atoms with E-state index in [1.165, 1.54) is 11.3 Å². The van der Waals surface area contributed by atoms with Crippen LogP contribution in [0.15, 0.2) is 39.1 Å². The third kappa shape index (κ3) is 4.02. The zero-order chi connectivity index (χ0) is 14.6. The average molecular weight is 376 g/mol. The summed E-state index contributed by atoms with van der Waals surface area (Å²) in [4.78, 5) is 5.03. The maximum Gasteiger partial charge on any atom is 0.272 e. The minimum Gasteiger partial charge on any atom is -0.319 e. The van der Waals surface area contributed by atoms with E-state index in [9.17, 15) is 8.42 Å². The number of aromatic nitrogens is 1. The number of likely N-dealkylation sites (N-methyl/N-ethyl adjacent to an activating group) is 1. The maximum absolute atomic E-state index is 12.2. The number of sulfonamides is 1. The summed E-state index contributed by atoms with van der Waals surface area (Å²) in [5.41, 5.74) is 0. The van der Waals surface area contributed by atoms with Gasteiger partial charge in [-0.1, -0.05) is 0 Å². The number of halogens is 1. The Balaban J connectivity index is 2.13. The fourth-order valence-electron chi connectivity index (χ4n) is 1.51. The summed E-state index contributed by atoms with van der Waals surface area (Å²) < 4.78 is 28.0. The number of nitrogens with zero attached hydrogens (tertiary/aromatic N) is 1. The lowest BCUT2D eigenvalue weighted by Crippen LogP contribution is -2.12. The van der Waals surface area contributed by atoms with Crippen molar-refractivity contribution in [3.63, 3.8) is 0 Å². The molecule has 2 aromatic heterocycles. The van der Waals surface area contributed by atoms with Crippen LogP contribution in [0.25, 0.3) is 0 Å². The van der Waals surface area contributed by atoms with Gasteiger partial charge < -0.3 is 5.32 Å². The van der Waals surface area contributed by atoms with Gasteiger partial charge in [0, 0.05) is 15.5 Å². The monoisotopic (exact) mass is 375 g/mol. The van der Waals surface area contributed by atoms with Crippen LogP contribution < -0.4 is 10.0 Å². The second-order valence-electron chi connectivity index (χ2n) is 4.04. The topological polar surface area (TPSA) is 71.1 Å². The van der Waals surface area contributed by atoms with Gasteiger partial charge in [0.15, 0.2) is 0 Å². The third-order valence-corrected chi connectivity index (χ3v) is 5.95. The third-order valence-electron chi connectivity index (χ3n) is 2.49. The Morgan fingerprint density at radius 1 is 1.30 bits per heavy atom. The number of anilines is 1. The summed E-state index contributed by atoms with van der Waals surface area (Å²) in [6, 6.07) is 6.80. The van der Waals surface area contributed by atoms with Crippen LogP contribution in [0.4, 0.5) is 5.82 Å². The second-order valence-corrected chi connectivity index (χ2v) is 8.03. The number of thiophene rings is 1. The minimum atomic E-state index is -3.56. The van der Waals surface area contributed by atoms with E-state index in [2.05, 4.69) is 31.0 Å². The molecule has 0 spiro atoms. The van der Waals surface area contributed by atoms with Crippen LogP contribution in [-0.4, -0.2) is 27.0 Å². The van der Waals surface area contributed by atoms with Gasteiger partial charge in [0.2, 0.25) is 0 Å². The Labute approximate surface area is 130 Å². The van der Waals surface area contributed by atoms with E-state index in [4.69, 9.17) is 0 Å². The van der Waals surface area contributed by atoms with E-state index in [0.717, 1.165) is 22.3 Å². The van der Waals surface area contributed by atoms with E-state index in [0.29, 0.717) is 10.0 Å². The van der Waals surface area contributed by atoms with Crippen molar-refractivity contribution in [1.82, 2.24) is 10.3 Å². The molecule has 2 aromatic rings. The van der Waals surface area contributed by atoms with Gasteiger partial charge in [-0.15, -0.1) is 11.3 Å². The fraction of sp³-hybridized carbons (Fsp3) is 0.250. The molecule has 0 atom stereocenters. The molecule has 20 heavy (non-hydrogen) atoms. The number of nitrogens with one attached hydrogen (secondary N) is 2. The van der Waals surface area contributed by atoms with E-state index in [1.54, 1.807) is 24.4 Å². The molecule has 0 amide bonds. The summed E-state index contributed by atoms with van der Waals surface area (Å²) in [7, 11) is -1.69. The van der Waals surface area contributed by atoms with Gasteiger partial charge in [0.05, 0.1) is 0 Å². The van der Waals surface area contributed by atoms with Crippen LogP contribution in [0.5, 0.6) is 0 Å². The van der Waals surface area contributed by atoms with E-state index in [-0.39, 0.29) is 0 Å². The van der Waals surface area contributed by atoms with Crippen molar-refractivity contribution in [2.24, 2.45) is 0 Å².